The lowest BCUT2D eigenvalue weighted by Gasteiger charge is -2.02. The van der Waals surface area contributed by atoms with Crippen molar-refractivity contribution in [1.82, 2.24) is 19.6 Å². The molecule has 0 saturated heterocycles. The Kier molecular flexibility index (Phi) is 3.21. The standard InChI is InChI=1S/C14H14N4S/c1-10-6-11(2)8-12(7-10)9-19-14-16-13-15-4-3-5-18(13)17-14/h3-8H,9H2,1-2H3. The molecule has 0 radical (unpaired) electrons. The number of nitrogens with zero attached hydrogens (tertiary/aromatic N) is 4. The lowest BCUT2D eigenvalue weighted by Crippen LogP contribution is -1.87. The minimum atomic E-state index is 0.644. The third-order valence-electron chi connectivity index (χ3n) is 2.75. The molecule has 0 atom stereocenters. The van der Waals surface area contributed by atoms with Gasteiger partial charge in [-0.25, -0.2) is 9.50 Å². The second-order valence-corrected chi connectivity index (χ2v) is 5.49. The van der Waals surface area contributed by atoms with Gasteiger partial charge in [0.1, 0.15) is 0 Å². The average molecular weight is 270 g/mol. The van der Waals surface area contributed by atoms with Gasteiger partial charge in [-0.15, -0.1) is 5.10 Å². The highest BCUT2D eigenvalue weighted by Crippen LogP contribution is 2.21. The minimum absolute atomic E-state index is 0.644. The molecule has 96 valence electrons. The molecule has 0 fully saturated rings. The van der Waals surface area contributed by atoms with Gasteiger partial charge in [0.25, 0.3) is 5.78 Å². The Morgan fingerprint density at radius 3 is 2.68 bits per heavy atom. The van der Waals surface area contributed by atoms with Gasteiger partial charge in [-0.3, -0.25) is 0 Å². The second-order valence-electron chi connectivity index (χ2n) is 4.54. The van der Waals surface area contributed by atoms with Crippen molar-refractivity contribution in [2.75, 3.05) is 0 Å². The smallest absolute Gasteiger partial charge is 0.220 e. The van der Waals surface area contributed by atoms with Gasteiger partial charge in [0, 0.05) is 18.1 Å². The summed E-state index contributed by atoms with van der Waals surface area (Å²) in [4.78, 5) is 8.54. The van der Waals surface area contributed by atoms with E-state index in [0.717, 1.165) is 10.9 Å². The Hall–Kier alpha value is -1.88. The number of rotatable bonds is 3. The van der Waals surface area contributed by atoms with Gasteiger partial charge in [-0.1, -0.05) is 41.1 Å². The van der Waals surface area contributed by atoms with Crippen molar-refractivity contribution < 1.29 is 0 Å². The zero-order valence-electron chi connectivity index (χ0n) is 10.9. The van der Waals surface area contributed by atoms with Crippen LogP contribution in [-0.2, 0) is 5.75 Å². The van der Waals surface area contributed by atoms with Crippen LogP contribution in [0, 0.1) is 13.8 Å². The molecule has 0 aliphatic rings. The number of hydrogen-bond acceptors (Lipinski definition) is 4. The van der Waals surface area contributed by atoms with Crippen molar-refractivity contribution in [3.8, 4) is 0 Å². The SMILES string of the molecule is Cc1cc(C)cc(CSc2nc3ncccn3n2)c1. The summed E-state index contributed by atoms with van der Waals surface area (Å²) in [5.41, 5.74) is 3.88. The minimum Gasteiger partial charge on any atom is -0.220 e. The molecule has 0 saturated carbocycles. The maximum atomic E-state index is 4.38. The molecule has 5 heteroatoms. The molecule has 2 aromatic heterocycles. The van der Waals surface area contributed by atoms with Gasteiger partial charge in [-0.2, -0.15) is 4.98 Å². The molecule has 3 aromatic rings. The monoisotopic (exact) mass is 270 g/mol. The predicted molar refractivity (Wildman–Crippen MR) is 76.3 cm³/mol. The molecular weight excluding hydrogens is 256 g/mol. The first kappa shape index (κ1) is 12.2. The van der Waals surface area contributed by atoms with Gasteiger partial charge in [0.2, 0.25) is 5.16 Å². The van der Waals surface area contributed by atoms with E-state index in [4.69, 9.17) is 0 Å². The van der Waals surface area contributed by atoms with Crippen LogP contribution in [0.3, 0.4) is 0 Å². The molecule has 0 N–H and O–H groups in total. The molecule has 0 aliphatic carbocycles. The van der Waals surface area contributed by atoms with Crippen molar-refractivity contribution in [3.63, 3.8) is 0 Å². The van der Waals surface area contributed by atoms with E-state index in [-0.39, 0.29) is 0 Å². The first-order valence-corrected chi connectivity index (χ1v) is 7.07. The van der Waals surface area contributed by atoms with E-state index in [1.807, 2.05) is 12.3 Å². The zero-order chi connectivity index (χ0) is 13.2. The van der Waals surface area contributed by atoms with Gasteiger partial charge >= 0.3 is 0 Å². The largest absolute Gasteiger partial charge is 0.253 e. The Labute approximate surface area is 115 Å². The summed E-state index contributed by atoms with van der Waals surface area (Å²) in [6.45, 7) is 4.24. The van der Waals surface area contributed by atoms with Crippen LogP contribution in [0.25, 0.3) is 5.78 Å². The summed E-state index contributed by atoms with van der Waals surface area (Å²) in [5, 5.41) is 5.14. The van der Waals surface area contributed by atoms with E-state index >= 15 is 0 Å². The third kappa shape index (κ3) is 2.76. The van der Waals surface area contributed by atoms with Crippen LogP contribution in [0.2, 0.25) is 0 Å². The van der Waals surface area contributed by atoms with E-state index in [2.05, 4.69) is 47.1 Å². The highest BCUT2D eigenvalue weighted by Gasteiger charge is 2.05. The van der Waals surface area contributed by atoms with Crippen LogP contribution >= 0.6 is 11.8 Å². The topological polar surface area (TPSA) is 43.1 Å². The predicted octanol–water partition coefficient (Wildman–Crippen LogP) is 3.03. The summed E-state index contributed by atoms with van der Waals surface area (Å²) in [5.74, 6) is 1.52. The highest BCUT2D eigenvalue weighted by molar-refractivity contribution is 7.98. The van der Waals surface area contributed by atoms with Crippen molar-refractivity contribution in [1.29, 1.82) is 0 Å². The molecule has 0 unspecified atom stereocenters. The summed E-state index contributed by atoms with van der Waals surface area (Å²) in [6, 6.07) is 8.43. The van der Waals surface area contributed by atoms with E-state index in [9.17, 15) is 0 Å². The fraction of sp³-hybridized carbons (Fsp3) is 0.214. The van der Waals surface area contributed by atoms with E-state index in [0.29, 0.717) is 5.78 Å². The van der Waals surface area contributed by atoms with Crippen LogP contribution in [0.4, 0.5) is 0 Å². The van der Waals surface area contributed by atoms with Crippen LogP contribution in [0.5, 0.6) is 0 Å². The van der Waals surface area contributed by atoms with E-state index in [1.54, 1.807) is 22.5 Å². The van der Waals surface area contributed by atoms with Gasteiger partial charge in [-0.05, 0) is 25.5 Å². The summed E-state index contributed by atoms with van der Waals surface area (Å²) >= 11 is 1.63. The Morgan fingerprint density at radius 2 is 1.95 bits per heavy atom. The lowest BCUT2D eigenvalue weighted by molar-refractivity contribution is 0.879. The number of benzene rings is 1. The molecule has 0 spiro atoms. The van der Waals surface area contributed by atoms with E-state index < -0.39 is 0 Å². The molecule has 3 rings (SSSR count). The number of thioether (sulfide) groups is 1. The quantitative estimate of drug-likeness (QED) is 0.686. The number of hydrogen-bond donors (Lipinski definition) is 0. The molecule has 2 heterocycles. The average Bonchev–Trinajstić information content (AvgIpc) is 2.78. The first-order valence-electron chi connectivity index (χ1n) is 6.08. The second kappa shape index (κ2) is 5.01. The molecular formula is C14H14N4S. The first-order chi connectivity index (χ1) is 9.20. The third-order valence-corrected chi connectivity index (χ3v) is 3.66. The van der Waals surface area contributed by atoms with Crippen molar-refractivity contribution in [2.24, 2.45) is 0 Å². The number of aryl methyl sites for hydroxylation is 2. The van der Waals surface area contributed by atoms with Gasteiger partial charge in [0.15, 0.2) is 0 Å². The van der Waals surface area contributed by atoms with Gasteiger partial charge < -0.3 is 0 Å². The maximum Gasteiger partial charge on any atom is 0.253 e. The Bertz CT molecular complexity index is 667. The maximum absolute atomic E-state index is 4.38. The van der Waals surface area contributed by atoms with Crippen LogP contribution in [-0.4, -0.2) is 19.6 Å². The highest BCUT2D eigenvalue weighted by atomic mass is 32.2. The lowest BCUT2D eigenvalue weighted by atomic mass is 10.1. The summed E-state index contributed by atoms with van der Waals surface area (Å²) in [6.07, 6.45) is 3.58. The van der Waals surface area contributed by atoms with Gasteiger partial charge in [0.05, 0.1) is 0 Å². The van der Waals surface area contributed by atoms with Crippen LogP contribution in [0.15, 0.2) is 41.8 Å². The molecule has 4 nitrogen and oxygen atoms in total. The fourth-order valence-electron chi connectivity index (χ4n) is 2.08. The van der Waals surface area contributed by atoms with Crippen molar-refractivity contribution in [3.05, 3.63) is 53.3 Å². The number of aromatic nitrogens is 4. The molecule has 0 bridgehead atoms. The molecule has 0 aliphatic heterocycles. The normalized spacial score (nSPS) is 11.1. The van der Waals surface area contributed by atoms with Crippen LogP contribution in [0.1, 0.15) is 16.7 Å². The summed E-state index contributed by atoms with van der Waals surface area (Å²) in [7, 11) is 0. The fourth-order valence-corrected chi connectivity index (χ4v) is 2.83. The number of fused-ring (bicyclic) bond motifs is 1. The van der Waals surface area contributed by atoms with E-state index in [1.165, 1.54) is 16.7 Å². The van der Waals surface area contributed by atoms with Crippen molar-refractivity contribution >= 4 is 17.5 Å². The van der Waals surface area contributed by atoms with Crippen LogP contribution < -0.4 is 0 Å². The molecule has 0 amide bonds. The Balaban J connectivity index is 1.78. The molecule has 19 heavy (non-hydrogen) atoms. The zero-order valence-corrected chi connectivity index (χ0v) is 11.7. The molecule has 1 aromatic carbocycles. The van der Waals surface area contributed by atoms with Crippen molar-refractivity contribution in [2.45, 2.75) is 24.8 Å². The summed E-state index contributed by atoms with van der Waals surface area (Å²) < 4.78 is 1.70. The Morgan fingerprint density at radius 1 is 1.16 bits per heavy atom.